The number of hydrogen-bond acceptors (Lipinski definition) is 3. The molecule has 4 atom stereocenters. The second-order valence-corrected chi connectivity index (χ2v) is 6.92. The number of ketones is 1. The normalized spacial score (nSPS) is 29.8. The van der Waals surface area contributed by atoms with Crippen LogP contribution in [0.3, 0.4) is 0 Å². The summed E-state index contributed by atoms with van der Waals surface area (Å²) in [6.07, 6.45) is 0.305. The van der Waals surface area contributed by atoms with Gasteiger partial charge in [0.15, 0.2) is 0 Å². The Hall–Kier alpha value is -2.82. The molecule has 2 amide bonds. The van der Waals surface area contributed by atoms with Crippen LogP contribution in [-0.4, -0.2) is 17.6 Å². The largest absolute Gasteiger partial charge is 0.299 e. The van der Waals surface area contributed by atoms with Crippen molar-refractivity contribution in [3.8, 4) is 0 Å². The molecule has 0 aromatic heterocycles. The number of Topliss-reactive ketones (excluding diaryl/α,β-unsaturated/α-hetero) is 1. The molecule has 4 aliphatic rings. The van der Waals surface area contributed by atoms with Crippen molar-refractivity contribution in [3.05, 3.63) is 65.5 Å². The number of amides is 2. The van der Waals surface area contributed by atoms with Gasteiger partial charge in [0.05, 0.1) is 23.4 Å². The lowest BCUT2D eigenvalue weighted by atomic mass is 9.56. The average Bonchev–Trinajstić information content (AvgIpc) is 2.88. The van der Waals surface area contributed by atoms with Crippen LogP contribution in [0.2, 0.25) is 0 Å². The molecule has 1 aliphatic heterocycles. The summed E-state index contributed by atoms with van der Waals surface area (Å²) < 4.78 is 13.2. The molecule has 2 bridgehead atoms. The van der Waals surface area contributed by atoms with Gasteiger partial charge in [0.1, 0.15) is 11.6 Å². The topological polar surface area (TPSA) is 54.5 Å². The van der Waals surface area contributed by atoms with Gasteiger partial charge >= 0.3 is 0 Å². The van der Waals surface area contributed by atoms with E-state index in [9.17, 15) is 18.8 Å². The van der Waals surface area contributed by atoms with Crippen LogP contribution in [0.1, 0.15) is 29.4 Å². The maximum atomic E-state index is 13.2. The first kappa shape index (κ1) is 14.5. The smallest absolute Gasteiger partial charge is 0.238 e. The van der Waals surface area contributed by atoms with E-state index in [0.717, 1.165) is 16.0 Å². The molecule has 0 spiro atoms. The van der Waals surface area contributed by atoms with Gasteiger partial charge < -0.3 is 0 Å². The van der Waals surface area contributed by atoms with Gasteiger partial charge in [-0.1, -0.05) is 24.3 Å². The number of fused-ring (bicyclic) bond motifs is 1. The molecule has 2 fully saturated rings. The molecule has 6 rings (SSSR count). The number of halogens is 1. The Labute approximate surface area is 143 Å². The number of anilines is 1. The van der Waals surface area contributed by atoms with E-state index in [4.69, 9.17) is 0 Å². The van der Waals surface area contributed by atoms with Crippen LogP contribution >= 0.6 is 0 Å². The van der Waals surface area contributed by atoms with Crippen molar-refractivity contribution in [2.75, 3.05) is 4.90 Å². The van der Waals surface area contributed by atoms with Crippen LogP contribution in [-0.2, 0) is 14.4 Å². The summed E-state index contributed by atoms with van der Waals surface area (Å²) in [6, 6.07) is 12.9. The monoisotopic (exact) mass is 335 g/mol. The lowest BCUT2D eigenvalue weighted by Gasteiger charge is -2.43. The van der Waals surface area contributed by atoms with Gasteiger partial charge in [-0.25, -0.2) is 4.39 Å². The zero-order chi connectivity index (χ0) is 17.3. The highest BCUT2D eigenvalue weighted by atomic mass is 19.1. The molecule has 1 saturated heterocycles. The van der Waals surface area contributed by atoms with Crippen molar-refractivity contribution in [2.45, 2.75) is 18.3 Å². The van der Waals surface area contributed by atoms with E-state index in [-0.39, 0.29) is 23.5 Å². The van der Waals surface area contributed by atoms with Crippen molar-refractivity contribution in [3.63, 3.8) is 0 Å². The van der Waals surface area contributed by atoms with E-state index in [2.05, 4.69) is 0 Å². The van der Waals surface area contributed by atoms with Gasteiger partial charge in [-0.15, -0.1) is 0 Å². The predicted molar refractivity (Wildman–Crippen MR) is 87.4 cm³/mol. The molecule has 0 N–H and O–H groups in total. The highest BCUT2D eigenvalue weighted by molar-refractivity contribution is 6.24. The number of carbonyl (C=O) groups is 3. The Morgan fingerprint density at radius 2 is 1.48 bits per heavy atom. The van der Waals surface area contributed by atoms with E-state index < -0.39 is 23.6 Å². The number of hydrogen-bond donors (Lipinski definition) is 0. The van der Waals surface area contributed by atoms with Gasteiger partial charge in [-0.05, 0) is 35.4 Å². The zero-order valence-corrected chi connectivity index (χ0v) is 13.2. The highest BCUT2D eigenvalue weighted by Crippen LogP contribution is 2.57. The van der Waals surface area contributed by atoms with E-state index in [1.54, 1.807) is 0 Å². The quantitative estimate of drug-likeness (QED) is 0.753. The number of imide groups is 1. The van der Waals surface area contributed by atoms with Gasteiger partial charge in [-0.2, -0.15) is 0 Å². The van der Waals surface area contributed by atoms with Crippen LogP contribution in [0.15, 0.2) is 48.5 Å². The molecule has 4 nitrogen and oxygen atoms in total. The summed E-state index contributed by atoms with van der Waals surface area (Å²) >= 11 is 0. The second kappa shape index (κ2) is 4.85. The minimum Gasteiger partial charge on any atom is -0.299 e. The van der Waals surface area contributed by atoms with Crippen LogP contribution < -0.4 is 4.90 Å². The summed E-state index contributed by atoms with van der Waals surface area (Å²) in [6.45, 7) is 0. The third-order valence-corrected chi connectivity index (χ3v) is 5.77. The number of benzene rings is 2. The fourth-order valence-corrected chi connectivity index (χ4v) is 4.80. The first-order chi connectivity index (χ1) is 12.1. The maximum absolute atomic E-state index is 13.2. The molecule has 0 radical (unpaired) electrons. The molecule has 1 saturated carbocycles. The average molecular weight is 335 g/mol. The Morgan fingerprint density at radius 1 is 0.840 bits per heavy atom. The third-order valence-electron chi connectivity index (χ3n) is 5.77. The summed E-state index contributed by atoms with van der Waals surface area (Å²) in [5.41, 5.74) is 2.25. The van der Waals surface area contributed by atoms with Gasteiger partial charge in [0, 0.05) is 12.3 Å². The summed E-state index contributed by atoms with van der Waals surface area (Å²) in [7, 11) is 0. The third kappa shape index (κ3) is 1.78. The van der Waals surface area contributed by atoms with Crippen LogP contribution in [0, 0.1) is 17.7 Å². The molecular weight excluding hydrogens is 321 g/mol. The Kier molecular flexibility index (Phi) is 2.82. The number of nitrogens with zero attached hydrogens (tertiary/aromatic N) is 1. The van der Waals surface area contributed by atoms with Crippen molar-refractivity contribution in [1.29, 1.82) is 0 Å². The Bertz CT molecular complexity index is 936. The molecule has 2 aromatic carbocycles. The summed E-state index contributed by atoms with van der Waals surface area (Å²) in [5, 5.41) is 0. The first-order valence-electron chi connectivity index (χ1n) is 8.33. The lowest BCUT2D eigenvalue weighted by molar-refractivity contribution is -0.134. The number of carbonyl (C=O) groups excluding carboxylic acids is 3. The second-order valence-electron chi connectivity index (χ2n) is 6.92. The molecule has 0 unspecified atom stereocenters. The van der Waals surface area contributed by atoms with E-state index in [0.29, 0.717) is 12.1 Å². The minimum absolute atomic E-state index is 0.0343. The van der Waals surface area contributed by atoms with Crippen molar-refractivity contribution in [2.24, 2.45) is 11.8 Å². The molecule has 2 aromatic rings. The molecule has 25 heavy (non-hydrogen) atoms. The Balaban J connectivity index is 1.65. The van der Waals surface area contributed by atoms with E-state index >= 15 is 0 Å². The van der Waals surface area contributed by atoms with Crippen molar-refractivity contribution < 1.29 is 18.8 Å². The van der Waals surface area contributed by atoms with Gasteiger partial charge in [0.25, 0.3) is 0 Å². The SMILES string of the molecule is O=C1C[C@@H]2c3ccccc3[C@@H]1[C@H]1C(=O)N(c3ccc(F)cc3)C(=O)[C@@H]12. The summed E-state index contributed by atoms with van der Waals surface area (Å²) in [5.74, 6) is -2.96. The fourth-order valence-electron chi connectivity index (χ4n) is 4.80. The fraction of sp³-hybridized carbons (Fsp3) is 0.250. The maximum Gasteiger partial charge on any atom is 0.238 e. The number of rotatable bonds is 1. The molecule has 5 heteroatoms. The lowest BCUT2D eigenvalue weighted by Crippen LogP contribution is -2.44. The molecule has 1 heterocycles. The van der Waals surface area contributed by atoms with Crippen LogP contribution in [0.25, 0.3) is 0 Å². The van der Waals surface area contributed by atoms with Crippen LogP contribution in [0.5, 0.6) is 0 Å². The van der Waals surface area contributed by atoms with E-state index in [1.165, 1.54) is 24.3 Å². The van der Waals surface area contributed by atoms with Gasteiger partial charge in [0.2, 0.25) is 11.8 Å². The molecule has 3 aliphatic carbocycles. The summed E-state index contributed by atoms with van der Waals surface area (Å²) in [4.78, 5) is 39.8. The van der Waals surface area contributed by atoms with Gasteiger partial charge in [-0.3, -0.25) is 19.3 Å². The minimum atomic E-state index is -0.640. The molecule has 124 valence electrons. The van der Waals surface area contributed by atoms with Crippen LogP contribution in [0.4, 0.5) is 10.1 Å². The first-order valence-corrected chi connectivity index (χ1v) is 8.33. The standard InChI is InChI=1S/C20H14FNO3/c21-10-5-7-11(8-6-10)22-19(24)17-14-9-15(23)16(18(17)20(22)25)13-4-2-1-3-12(13)14/h1-8,14,16-18H,9H2/t14-,16+,17-,18-/m1/s1. The van der Waals surface area contributed by atoms with E-state index in [1.807, 2.05) is 24.3 Å². The van der Waals surface area contributed by atoms with Crippen molar-refractivity contribution in [1.82, 2.24) is 0 Å². The van der Waals surface area contributed by atoms with Crippen molar-refractivity contribution >= 4 is 23.3 Å². The highest BCUT2D eigenvalue weighted by Gasteiger charge is 2.62. The Morgan fingerprint density at radius 3 is 2.20 bits per heavy atom. The predicted octanol–water partition coefficient (Wildman–Crippen LogP) is 2.79. The zero-order valence-electron chi connectivity index (χ0n) is 13.2. The molecular formula is C20H14FNO3.